The molecule has 88 valence electrons. The summed E-state index contributed by atoms with van der Waals surface area (Å²) >= 11 is 0. The second kappa shape index (κ2) is 4.61. The van der Waals surface area contributed by atoms with E-state index in [2.05, 4.69) is 25.7 Å². The molecule has 1 rings (SSSR count). The highest BCUT2D eigenvalue weighted by atomic mass is 16.4. The Kier molecular flexibility index (Phi) is 3.89. The molecule has 0 spiro atoms. The van der Waals surface area contributed by atoms with E-state index in [0.717, 1.165) is 0 Å². The van der Waals surface area contributed by atoms with Gasteiger partial charge in [0.2, 0.25) is 0 Å². The molecular weight excluding hydrogens is 194 g/mol. The fraction of sp³-hybridized carbons (Fsp3) is 0.818. The number of β-amino-alcohol motifs (C(OH)–C–C–N with tert-alkyl or cyclic N) is 1. The first-order valence-corrected chi connectivity index (χ1v) is 5.28. The molecule has 0 saturated heterocycles. The van der Waals surface area contributed by atoms with E-state index in [0.29, 0.717) is 13.1 Å². The summed E-state index contributed by atoms with van der Waals surface area (Å²) in [6.45, 7) is 7.20. The molecule has 0 aliphatic carbocycles. The number of aliphatic hydroxyl groups is 3. The van der Waals surface area contributed by atoms with Gasteiger partial charge in [-0.15, -0.1) is 0 Å². The first-order chi connectivity index (χ1) is 6.82. The Balaban J connectivity index is 2.78. The van der Waals surface area contributed by atoms with Crippen LogP contribution in [0.5, 0.6) is 0 Å². The summed E-state index contributed by atoms with van der Waals surface area (Å²) in [5.41, 5.74) is -0.0622. The number of hydrogen-bond donors (Lipinski definition) is 3. The largest absolute Gasteiger partial charge is 0.389 e. The summed E-state index contributed by atoms with van der Waals surface area (Å²) < 4.78 is 0. The molecule has 3 atom stereocenters. The molecule has 0 aromatic rings. The van der Waals surface area contributed by atoms with Gasteiger partial charge in [-0.2, -0.15) is 0 Å². The zero-order chi connectivity index (χ0) is 11.6. The van der Waals surface area contributed by atoms with Gasteiger partial charge in [-0.3, -0.25) is 4.90 Å². The van der Waals surface area contributed by atoms with E-state index in [9.17, 15) is 15.3 Å². The molecular formula is C11H21NO3. The molecule has 0 saturated carbocycles. The Morgan fingerprint density at radius 3 is 2.33 bits per heavy atom. The van der Waals surface area contributed by atoms with Crippen LogP contribution in [0.25, 0.3) is 0 Å². The Labute approximate surface area is 90.8 Å². The van der Waals surface area contributed by atoms with E-state index in [1.165, 1.54) is 6.08 Å². The van der Waals surface area contributed by atoms with E-state index < -0.39 is 18.3 Å². The molecule has 0 radical (unpaired) electrons. The van der Waals surface area contributed by atoms with Crippen molar-refractivity contribution in [2.24, 2.45) is 0 Å². The highest BCUT2D eigenvalue weighted by Crippen LogP contribution is 2.17. The lowest BCUT2D eigenvalue weighted by molar-refractivity contribution is -0.0640. The van der Waals surface area contributed by atoms with Crippen LogP contribution in [-0.4, -0.2) is 57.2 Å². The van der Waals surface area contributed by atoms with Crippen molar-refractivity contribution in [1.82, 2.24) is 4.90 Å². The van der Waals surface area contributed by atoms with Crippen LogP contribution in [-0.2, 0) is 0 Å². The molecule has 0 amide bonds. The summed E-state index contributed by atoms with van der Waals surface area (Å²) in [5.74, 6) is 0. The maximum Gasteiger partial charge on any atom is 0.111 e. The summed E-state index contributed by atoms with van der Waals surface area (Å²) in [6, 6.07) is 0. The van der Waals surface area contributed by atoms with Crippen molar-refractivity contribution in [3.05, 3.63) is 12.2 Å². The summed E-state index contributed by atoms with van der Waals surface area (Å²) in [4.78, 5) is 2.06. The minimum atomic E-state index is -1.11. The molecule has 0 fully saturated rings. The standard InChI is InChI=1S/C11H21NO3/c1-11(2,3)12-6-4-5-8(13)10(15)9(14)7-12/h4-5,8-10,13-15H,6-7H2,1-3H3/b5-4-/t8-,9+,10+/m1/s1. The lowest BCUT2D eigenvalue weighted by Gasteiger charge is -2.38. The molecule has 0 aromatic heterocycles. The van der Waals surface area contributed by atoms with Gasteiger partial charge in [0.1, 0.15) is 12.2 Å². The molecule has 1 aliphatic rings. The lowest BCUT2D eigenvalue weighted by Crippen LogP contribution is -2.51. The maximum atomic E-state index is 9.70. The Bertz CT molecular complexity index is 234. The van der Waals surface area contributed by atoms with E-state index >= 15 is 0 Å². The zero-order valence-corrected chi connectivity index (χ0v) is 9.59. The smallest absolute Gasteiger partial charge is 0.111 e. The number of hydrogen-bond acceptors (Lipinski definition) is 4. The van der Waals surface area contributed by atoms with Gasteiger partial charge in [0, 0.05) is 18.6 Å². The predicted octanol–water partition coefficient (Wildman–Crippen LogP) is -0.261. The first kappa shape index (κ1) is 12.6. The van der Waals surface area contributed by atoms with E-state index in [1.807, 2.05) is 6.08 Å². The first-order valence-electron chi connectivity index (χ1n) is 5.28. The third-order valence-electron chi connectivity index (χ3n) is 2.76. The maximum absolute atomic E-state index is 9.70. The minimum Gasteiger partial charge on any atom is -0.389 e. The van der Waals surface area contributed by atoms with Gasteiger partial charge in [-0.25, -0.2) is 0 Å². The van der Waals surface area contributed by atoms with Crippen LogP contribution < -0.4 is 0 Å². The van der Waals surface area contributed by atoms with Crippen molar-refractivity contribution >= 4 is 0 Å². The average Bonchev–Trinajstić information content (AvgIpc) is 2.11. The Morgan fingerprint density at radius 2 is 1.80 bits per heavy atom. The van der Waals surface area contributed by atoms with Crippen molar-refractivity contribution < 1.29 is 15.3 Å². The molecule has 4 heteroatoms. The summed E-state index contributed by atoms with van der Waals surface area (Å²) in [6.07, 6.45) is 0.370. The third-order valence-corrected chi connectivity index (χ3v) is 2.76. The number of nitrogens with zero attached hydrogens (tertiary/aromatic N) is 1. The molecule has 1 aliphatic heterocycles. The molecule has 0 aromatic carbocycles. The highest BCUT2D eigenvalue weighted by Gasteiger charge is 2.30. The molecule has 0 unspecified atom stereocenters. The van der Waals surface area contributed by atoms with Gasteiger partial charge in [-0.05, 0) is 20.8 Å². The summed E-state index contributed by atoms with van der Waals surface area (Å²) in [5, 5.41) is 28.7. The van der Waals surface area contributed by atoms with Crippen LogP contribution in [0, 0.1) is 0 Å². The number of rotatable bonds is 0. The van der Waals surface area contributed by atoms with Crippen molar-refractivity contribution in [3.63, 3.8) is 0 Å². The van der Waals surface area contributed by atoms with Crippen molar-refractivity contribution in [2.45, 2.75) is 44.6 Å². The van der Waals surface area contributed by atoms with Crippen LogP contribution in [0.3, 0.4) is 0 Å². The fourth-order valence-electron chi connectivity index (χ4n) is 1.63. The zero-order valence-electron chi connectivity index (χ0n) is 9.59. The second-order valence-corrected chi connectivity index (χ2v) is 5.05. The van der Waals surface area contributed by atoms with Crippen LogP contribution >= 0.6 is 0 Å². The van der Waals surface area contributed by atoms with E-state index in [4.69, 9.17) is 0 Å². The lowest BCUT2D eigenvalue weighted by atomic mass is 10.00. The van der Waals surface area contributed by atoms with Gasteiger partial charge >= 0.3 is 0 Å². The minimum absolute atomic E-state index is 0.0622. The highest BCUT2D eigenvalue weighted by molar-refractivity contribution is 5.00. The molecule has 15 heavy (non-hydrogen) atoms. The molecule has 0 bridgehead atoms. The van der Waals surface area contributed by atoms with Gasteiger partial charge in [-0.1, -0.05) is 12.2 Å². The predicted molar refractivity (Wildman–Crippen MR) is 58.5 cm³/mol. The molecule has 4 nitrogen and oxygen atoms in total. The van der Waals surface area contributed by atoms with Crippen LogP contribution in [0.2, 0.25) is 0 Å². The Morgan fingerprint density at radius 1 is 1.20 bits per heavy atom. The van der Waals surface area contributed by atoms with Crippen LogP contribution in [0.15, 0.2) is 12.2 Å². The van der Waals surface area contributed by atoms with Crippen molar-refractivity contribution in [1.29, 1.82) is 0 Å². The van der Waals surface area contributed by atoms with Crippen LogP contribution in [0.1, 0.15) is 20.8 Å². The fourth-order valence-corrected chi connectivity index (χ4v) is 1.63. The van der Waals surface area contributed by atoms with Gasteiger partial charge < -0.3 is 15.3 Å². The normalized spacial score (nSPS) is 37.1. The monoisotopic (exact) mass is 215 g/mol. The quantitative estimate of drug-likeness (QED) is 0.487. The number of aliphatic hydroxyl groups excluding tert-OH is 3. The molecule has 1 heterocycles. The SMILES string of the molecule is CC(C)(C)N1C/C=C\[C@@H](O)[C@H](O)[C@@H](O)C1. The summed E-state index contributed by atoms with van der Waals surface area (Å²) in [7, 11) is 0. The Hall–Kier alpha value is -0.420. The second-order valence-electron chi connectivity index (χ2n) is 5.05. The van der Waals surface area contributed by atoms with Crippen LogP contribution in [0.4, 0.5) is 0 Å². The van der Waals surface area contributed by atoms with Gasteiger partial charge in [0.05, 0.1) is 6.10 Å². The third kappa shape index (κ3) is 3.28. The van der Waals surface area contributed by atoms with Gasteiger partial charge in [0.15, 0.2) is 0 Å². The van der Waals surface area contributed by atoms with Crippen molar-refractivity contribution in [3.8, 4) is 0 Å². The molecule has 3 N–H and O–H groups in total. The van der Waals surface area contributed by atoms with E-state index in [1.54, 1.807) is 0 Å². The van der Waals surface area contributed by atoms with E-state index in [-0.39, 0.29) is 5.54 Å². The van der Waals surface area contributed by atoms with Crippen molar-refractivity contribution in [2.75, 3.05) is 13.1 Å². The topological polar surface area (TPSA) is 63.9 Å². The van der Waals surface area contributed by atoms with Gasteiger partial charge in [0.25, 0.3) is 0 Å². The average molecular weight is 215 g/mol.